The van der Waals surface area contributed by atoms with E-state index in [1.54, 1.807) is 24.3 Å². The molecule has 0 aliphatic heterocycles. The number of hydrogen-bond acceptors (Lipinski definition) is 5. The van der Waals surface area contributed by atoms with E-state index in [1.807, 2.05) is 6.92 Å². The average molecular weight is 376 g/mol. The number of methoxy groups -OCH3 is 1. The van der Waals surface area contributed by atoms with Crippen LogP contribution in [0.25, 0.3) is 22.4 Å². The van der Waals surface area contributed by atoms with Gasteiger partial charge in [-0.1, -0.05) is 30.3 Å². The Morgan fingerprint density at radius 3 is 2.58 bits per heavy atom. The minimum absolute atomic E-state index is 0.0480. The highest BCUT2D eigenvalue weighted by Gasteiger charge is 2.24. The van der Waals surface area contributed by atoms with Crippen molar-refractivity contribution in [1.82, 2.24) is 5.16 Å². The highest BCUT2D eigenvalue weighted by molar-refractivity contribution is 7.89. The summed E-state index contributed by atoms with van der Waals surface area (Å²) in [5, 5.41) is 9.39. The van der Waals surface area contributed by atoms with Gasteiger partial charge in [0, 0.05) is 17.5 Å². The third kappa shape index (κ3) is 3.21. The number of rotatable bonds is 5. The highest BCUT2D eigenvalue weighted by Crippen LogP contribution is 2.38. The number of aryl methyl sites for hydroxylation is 1. The summed E-state index contributed by atoms with van der Waals surface area (Å²) >= 11 is 0. The molecular formula is C18H17FN2O4S. The van der Waals surface area contributed by atoms with Gasteiger partial charge in [-0.05, 0) is 24.3 Å². The van der Waals surface area contributed by atoms with Crippen LogP contribution in [0.15, 0.2) is 51.9 Å². The number of halogens is 1. The summed E-state index contributed by atoms with van der Waals surface area (Å²) in [6.45, 7) is 1.85. The lowest BCUT2D eigenvalue weighted by atomic mass is 9.98. The normalized spacial score (nSPS) is 11.5. The summed E-state index contributed by atoms with van der Waals surface area (Å²) in [6, 6.07) is 10.7. The molecule has 0 saturated heterocycles. The minimum atomic E-state index is -3.97. The molecular weight excluding hydrogens is 359 g/mol. The lowest BCUT2D eigenvalue weighted by Crippen LogP contribution is -2.13. The molecule has 1 heterocycles. The maximum absolute atomic E-state index is 14.1. The number of primary sulfonamides is 1. The molecule has 2 N–H and O–H groups in total. The zero-order valence-electron chi connectivity index (χ0n) is 14.2. The molecule has 0 fully saturated rings. The fraction of sp³-hybridized carbons (Fsp3) is 0.167. The topological polar surface area (TPSA) is 95.4 Å². The highest BCUT2D eigenvalue weighted by atomic mass is 32.2. The van der Waals surface area contributed by atoms with E-state index in [9.17, 15) is 12.8 Å². The SMILES string of the molecule is CCc1onc(-c2ccc(OC)c(F)c2)c1-c1ccccc1S(N)(=O)=O. The molecule has 3 aromatic rings. The first-order valence-electron chi connectivity index (χ1n) is 7.81. The van der Waals surface area contributed by atoms with Gasteiger partial charge in [-0.15, -0.1) is 0 Å². The molecule has 0 aliphatic rings. The van der Waals surface area contributed by atoms with E-state index in [1.165, 1.54) is 25.3 Å². The van der Waals surface area contributed by atoms with E-state index >= 15 is 0 Å². The Hall–Kier alpha value is -2.71. The van der Waals surface area contributed by atoms with Gasteiger partial charge in [0.05, 0.1) is 17.6 Å². The van der Waals surface area contributed by atoms with E-state index in [0.717, 1.165) is 0 Å². The van der Waals surface area contributed by atoms with E-state index in [2.05, 4.69) is 5.16 Å². The van der Waals surface area contributed by atoms with Gasteiger partial charge < -0.3 is 9.26 Å². The zero-order valence-corrected chi connectivity index (χ0v) is 15.0. The fourth-order valence-corrected chi connectivity index (χ4v) is 3.52. The Balaban J connectivity index is 2.28. The Labute approximate surface area is 150 Å². The third-order valence-electron chi connectivity index (χ3n) is 3.97. The molecule has 0 saturated carbocycles. The van der Waals surface area contributed by atoms with E-state index < -0.39 is 15.8 Å². The number of hydrogen-bond donors (Lipinski definition) is 1. The molecule has 0 unspecified atom stereocenters. The molecule has 1 aromatic heterocycles. The Morgan fingerprint density at radius 1 is 1.23 bits per heavy atom. The first-order chi connectivity index (χ1) is 12.4. The molecule has 0 radical (unpaired) electrons. The molecule has 0 aliphatic carbocycles. The van der Waals surface area contributed by atoms with Crippen molar-refractivity contribution in [2.24, 2.45) is 5.14 Å². The first kappa shape index (κ1) is 18.1. The van der Waals surface area contributed by atoms with Gasteiger partial charge in [0.15, 0.2) is 11.6 Å². The number of benzene rings is 2. The van der Waals surface area contributed by atoms with Crippen molar-refractivity contribution in [3.8, 4) is 28.1 Å². The van der Waals surface area contributed by atoms with Crippen molar-refractivity contribution in [1.29, 1.82) is 0 Å². The quantitative estimate of drug-likeness (QED) is 0.737. The minimum Gasteiger partial charge on any atom is -0.494 e. The standard InChI is InChI=1S/C18H17FN2O4S/c1-3-14-17(12-6-4-5-7-16(12)26(20,22)23)18(21-25-14)11-8-9-15(24-2)13(19)10-11/h4-10H,3H2,1-2H3,(H2,20,22,23). The maximum atomic E-state index is 14.1. The summed E-state index contributed by atoms with van der Waals surface area (Å²) in [5.41, 5.74) is 1.60. The number of ether oxygens (including phenoxy) is 1. The van der Waals surface area contributed by atoms with Crippen molar-refractivity contribution >= 4 is 10.0 Å². The molecule has 6 nitrogen and oxygen atoms in total. The van der Waals surface area contributed by atoms with Crippen LogP contribution in [0.3, 0.4) is 0 Å². The second kappa shape index (κ2) is 6.89. The second-order valence-corrected chi connectivity index (χ2v) is 7.10. The van der Waals surface area contributed by atoms with E-state index in [0.29, 0.717) is 34.6 Å². The van der Waals surface area contributed by atoms with E-state index in [4.69, 9.17) is 14.4 Å². The molecule has 8 heteroatoms. The molecule has 26 heavy (non-hydrogen) atoms. The summed E-state index contributed by atoms with van der Waals surface area (Å²) in [6.07, 6.45) is 0.472. The van der Waals surface area contributed by atoms with Crippen LogP contribution in [0.5, 0.6) is 5.75 Å². The Bertz CT molecular complexity index is 1060. The van der Waals surface area contributed by atoms with Crippen molar-refractivity contribution in [2.45, 2.75) is 18.2 Å². The van der Waals surface area contributed by atoms with Crippen LogP contribution in [0.2, 0.25) is 0 Å². The van der Waals surface area contributed by atoms with Crippen LogP contribution in [-0.2, 0) is 16.4 Å². The number of aromatic nitrogens is 1. The summed E-state index contributed by atoms with van der Waals surface area (Å²) in [7, 11) is -2.59. The predicted octanol–water partition coefficient (Wildman–Crippen LogP) is 3.37. The summed E-state index contributed by atoms with van der Waals surface area (Å²) in [5.74, 6) is 0.0171. The van der Waals surface area contributed by atoms with Crippen molar-refractivity contribution in [2.75, 3.05) is 7.11 Å². The predicted molar refractivity (Wildman–Crippen MR) is 94.6 cm³/mol. The lowest BCUT2D eigenvalue weighted by Gasteiger charge is -2.09. The van der Waals surface area contributed by atoms with Crippen LogP contribution in [0.4, 0.5) is 4.39 Å². The average Bonchev–Trinajstić information content (AvgIpc) is 3.04. The van der Waals surface area contributed by atoms with Gasteiger partial charge in [-0.2, -0.15) is 0 Å². The molecule has 2 aromatic carbocycles. The lowest BCUT2D eigenvalue weighted by molar-refractivity contribution is 0.385. The van der Waals surface area contributed by atoms with Crippen LogP contribution >= 0.6 is 0 Å². The molecule has 3 rings (SSSR count). The monoisotopic (exact) mass is 376 g/mol. The fourth-order valence-electron chi connectivity index (χ4n) is 2.78. The molecule has 136 valence electrons. The van der Waals surface area contributed by atoms with Gasteiger partial charge in [-0.25, -0.2) is 17.9 Å². The second-order valence-electron chi connectivity index (χ2n) is 5.57. The third-order valence-corrected chi connectivity index (χ3v) is 4.94. The largest absolute Gasteiger partial charge is 0.494 e. The Morgan fingerprint density at radius 2 is 1.96 bits per heavy atom. The van der Waals surface area contributed by atoms with Crippen molar-refractivity contribution in [3.05, 3.63) is 54.0 Å². The number of nitrogens with two attached hydrogens (primary N) is 1. The molecule has 0 bridgehead atoms. The van der Waals surface area contributed by atoms with E-state index in [-0.39, 0.29) is 10.6 Å². The molecule has 0 spiro atoms. The summed E-state index contributed by atoms with van der Waals surface area (Å²) in [4.78, 5) is -0.0480. The van der Waals surface area contributed by atoms with Gasteiger partial charge >= 0.3 is 0 Å². The van der Waals surface area contributed by atoms with Crippen molar-refractivity contribution in [3.63, 3.8) is 0 Å². The smallest absolute Gasteiger partial charge is 0.238 e. The maximum Gasteiger partial charge on any atom is 0.238 e. The number of sulfonamides is 1. The number of nitrogens with zero attached hydrogens (tertiary/aromatic N) is 1. The van der Waals surface area contributed by atoms with Crippen LogP contribution in [0, 0.1) is 5.82 Å². The van der Waals surface area contributed by atoms with Crippen LogP contribution < -0.4 is 9.88 Å². The molecule has 0 atom stereocenters. The van der Waals surface area contributed by atoms with Crippen LogP contribution in [-0.4, -0.2) is 20.7 Å². The zero-order chi connectivity index (χ0) is 18.9. The van der Waals surface area contributed by atoms with Crippen LogP contribution in [0.1, 0.15) is 12.7 Å². The Kier molecular flexibility index (Phi) is 4.80. The van der Waals surface area contributed by atoms with Gasteiger partial charge in [-0.3, -0.25) is 0 Å². The van der Waals surface area contributed by atoms with Gasteiger partial charge in [0.1, 0.15) is 11.5 Å². The van der Waals surface area contributed by atoms with Gasteiger partial charge in [0.25, 0.3) is 0 Å². The van der Waals surface area contributed by atoms with Crippen molar-refractivity contribution < 1.29 is 22.1 Å². The van der Waals surface area contributed by atoms with Gasteiger partial charge in [0.2, 0.25) is 10.0 Å². The summed E-state index contributed by atoms with van der Waals surface area (Å²) < 4.78 is 48.4. The molecule has 0 amide bonds. The first-order valence-corrected chi connectivity index (χ1v) is 9.36.